The first-order chi connectivity index (χ1) is 6.09. The van der Waals surface area contributed by atoms with Crippen molar-refractivity contribution in [3.63, 3.8) is 0 Å². The molecule has 2 rings (SSSR count). The lowest BCUT2D eigenvalue weighted by Gasteiger charge is -2.25. The molecule has 0 aromatic carbocycles. The number of fused-ring (bicyclic) bond motifs is 1. The number of hydrogen-bond donors (Lipinski definition) is 1. The van der Waals surface area contributed by atoms with Crippen LogP contribution < -0.4 is 5.73 Å². The van der Waals surface area contributed by atoms with Gasteiger partial charge in [-0.3, -0.25) is 0 Å². The Kier molecular flexibility index (Phi) is 1.80. The maximum absolute atomic E-state index is 5.72. The van der Waals surface area contributed by atoms with Gasteiger partial charge in [-0.05, 0) is 13.8 Å². The van der Waals surface area contributed by atoms with E-state index in [4.69, 9.17) is 10.5 Å². The average Bonchev–Trinajstić information content (AvgIpc) is 2.32. The van der Waals surface area contributed by atoms with E-state index in [-0.39, 0.29) is 12.2 Å². The summed E-state index contributed by atoms with van der Waals surface area (Å²) in [5.74, 6) is 0.578. The van der Waals surface area contributed by atoms with Crippen LogP contribution in [0, 0.1) is 0 Å². The molecule has 0 saturated carbocycles. The molecule has 0 amide bonds. The third kappa shape index (κ3) is 1.21. The van der Waals surface area contributed by atoms with Gasteiger partial charge in [0.25, 0.3) is 0 Å². The van der Waals surface area contributed by atoms with Crippen LogP contribution in [0.2, 0.25) is 0 Å². The fourth-order valence-electron chi connectivity index (χ4n) is 1.87. The summed E-state index contributed by atoms with van der Waals surface area (Å²) in [5.41, 5.74) is 7.93. The molecule has 0 fully saturated rings. The van der Waals surface area contributed by atoms with Gasteiger partial charge in [0.05, 0.1) is 17.9 Å². The Bertz CT molecular complexity index is 332. The standard InChI is InChI=1S/C9H15N3O/c1-5-4-7-8(6(2)13-5)11-9(10)12(7)3/h5-6H,4H2,1-3H3,(H2,10,11). The van der Waals surface area contributed by atoms with E-state index < -0.39 is 0 Å². The van der Waals surface area contributed by atoms with Crippen LogP contribution >= 0.6 is 0 Å². The Labute approximate surface area is 77.7 Å². The van der Waals surface area contributed by atoms with Gasteiger partial charge in [-0.2, -0.15) is 0 Å². The zero-order chi connectivity index (χ0) is 9.59. The van der Waals surface area contributed by atoms with Crippen LogP contribution in [0.15, 0.2) is 0 Å². The van der Waals surface area contributed by atoms with Gasteiger partial charge in [0.15, 0.2) is 5.95 Å². The zero-order valence-corrected chi connectivity index (χ0v) is 8.24. The van der Waals surface area contributed by atoms with Crippen LogP contribution in [0.3, 0.4) is 0 Å². The van der Waals surface area contributed by atoms with Gasteiger partial charge >= 0.3 is 0 Å². The Morgan fingerprint density at radius 1 is 1.54 bits per heavy atom. The fraction of sp³-hybridized carbons (Fsp3) is 0.667. The highest BCUT2D eigenvalue weighted by atomic mass is 16.5. The van der Waals surface area contributed by atoms with E-state index in [9.17, 15) is 0 Å². The monoisotopic (exact) mass is 181 g/mol. The second kappa shape index (κ2) is 2.73. The minimum absolute atomic E-state index is 0.0715. The second-order valence-corrected chi connectivity index (χ2v) is 3.65. The van der Waals surface area contributed by atoms with E-state index >= 15 is 0 Å². The molecule has 13 heavy (non-hydrogen) atoms. The Morgan fingerprint density at radius 2 is 2.23 bits per heavy atom. The SMILES string of the molecule is CC1Cc2c(nc(N)n2C)C(C)O1. The van der Waals surface area contributed by atoms with Crippen molar-refractivity contribution in [2.24, 2.45) is 7.05 Å². The van der Waals surface area contributed by atoms with Crippen molar-refractivity contribution in [2.75, 3.05) is 5.73 Å². The maximum Gasteiger partial charge on any atom is 0.200 e. The number of ether oxygens (including phenoxy) is 1. The first-order valence-corrected chi connectivity index (χ1v) is 4.56. The lowest BCUT2D eigenvalue weighted by molar-refractivity contribution is -0.00822. The maximum atomic E-state index is 5.72. The van der Waals surface area contributed by atoms with Gasteiger partial charge in [-0.25, -0.2) is 4.98 Å². The minimum atomic E-state index is 0.0715. The quantitative estimate of drug-likeness (QED) is 0.650. The topological polar surface area (TPSA) is 53.1 Å². The first kappa shape index (κ1) is 8.56. The number of aromatic nitrogens is 2. The van der Waals surface area contributed by atoms with Crippen molar-refractivity contribution in [1.29, 1.82) is 0 Å². The molecule has 2 heterocycles. The van der Waals surface area contributed by atoms with Crippen molar-refractivity contribution >= 4 is 5.95 Å². The van der Waals surface area contributed by atoms with Crippen LogP contribution in [0.4, 0.5) is 5.95 Å². The molecule has 1 aliphatic rings. The summed E-state index contributed by atoms with van der Waals surface area (Å²) < 4.78 is 7.60. The van der Waals surface area contributed by atoms with Crippen LogP contribution in [0.1, 0.15) is 31.3 Å². The largest absolute Gasteiger partial charge is 0.369 e. The molecule has 4 nitrogen and oxygen atoms in total. The molecule has 2 N–H and O–H groups in total. The van der Waals surface area contributed by atoms with Crippen molar-refractivity contribution in [1.82, 2.24) is 9.55 Å². The smallest absolute Gasteiger partial charge is 0.200 e. The number of imidazole rings is 1. The van der Waals surface area contributed by atoms with Crippen molar-refractivity contribution in [3.05, 3.63) is 11.4 Å². The normalized spacial score (nSPS) is 27.3. The number of nitrogens with two attached hydrogens (primary N) is 1. The van der Waals surface area contributed by atoms with Crippen LogP contribution in [0.25, 0.3) is 0 Å². The average molecular weight is 181 g/mol. The summed E-state index contributed by atoms with van der Waals surface area (Å²) in [6.45, 7) is 4.09. The molecular weight excluding hydrogens is 166 g/mol. The summed E-state index contributed by atoms with van der Waals surface area (Å²) in [5, 5.41) is 0. The fourth-order valence-corrected chi connectivity index (χ4v) is 1.87. The van der Waals surface area contributed by atoms with Crippen molar-refractivity contribution < 1.29 is 4.74 Å². The second-order valence-electron chi connectivity index (χ2n) is 3.65. The van der Waals surface area contributed by atoms with E-state index in [0.717, 1.165) is 12.1 Å². The molecular formula is C9H15N3O. The predicted octanol–water partition coefficient (Wildman–Crippen LogP) is 1.02. The van der Waals surface area contributed by atoms with Gasteiger partial charge in [0.2, 0.25) is 0 Å². The molecule has 0 radical (unpaired) electrons. The van der Waals surface area contributed by atoms with E-state index in [1.165, 1.54) is 5.69 Å². The predicted molar refractivity (Wildman–Crippen MR) is 50.3 cm³/mol. The summed E-state index contributed by atoms with van der Waals surface area (Å²) in [6, 6.07) is 0. The van der Waals surface area contributed by atoms with Crippen LogP contribution in [-0.2, 0) is 18.2 Å². The van der Waals surface area contributed by atoms with Gasteiger partial charge in [0, 0.05) is 19.2 Å². The number of nitrogen functional groups attached to an aromatic ring is 1. The minimum Gasteiger partial charge on any atom is -0.369 e. The van der Waals surface area contributed by atoms with Gasteiger partial charge in [-0.1, -0.05) is 0 Å². The molecule has 4 heteroatoms. The summed E-state index contributed by atoms with van der Waals surface area (Å²) in [4.78, 5) is 4.28. The Morgan fingerprint density at radius 3 is 2.92 bits per heavy atom. The molecule has 1 aromatic heterocycles. The van der Waals surface area contributed by atoms with E-state index in [1.807, 2.05) is 18.5 Å². The zero-order valence-electron chi connectivity index (χ0n) is 8.24. The summed E-state index contributed by atoms with van der Waals surface area (Å²) in [7, 11) is 1.95. The third-order valence-corrected chi connectivity index (χ3v) is 2.58. The van der Waals surface area contributed by atoms with Crippen molar-refractivity contribution in [3.8, 4) is 0 Å². The van der Waals surface area contributed by atoms with Gasteiger partial charge < -0.3 is 15.0 Å². The first-order valence-electron chi connectivity index (χ1n) is 4.56. The number of nitrogens with zero attached hydrogens (tertiary/aromatic N) is 2. The third-order valence-electron chi connectivity index (χ3n) is 2.58. The van der Waals surface area contributed by atoms with E-state index in [2.05, 4.69) is 11.9 Å². The summed E-state index contributed by atoms with van der Waals surface area (Å²) >= 11 is 0. The Hall–Kier alpha value is -1.03. The van der Waals surface area contributed by atoms with Crippen molar-refractivity contribution in [2.45, 2.75) is 32.5 Å². The molecule has 1 aromatic rings. The number of anilines is 1. The molecule has 2 atom stereocenters. The van der Waals surface area contributed by atoms with Crippen LogP contribution in [0.5, 0.6) is 0 Å². The molecule has 2 unspecified atom stereocenters. The molecule has 0 saturated heterocycles. The summed E-state index contributed by atoms with van der Waals surface area (Å²) in [6.07, 6.45) is 1.24. The van der Waals surface area contributed by atoms with E-state index in [0.29, 0.717) is 5.95 Å². The highest BCUT2D eigenvalue weighted by Gasteiger charge is 2.26. The van der Waals surface area contributed by atoms with Gasteiger partial charge in [-0.15, -0.1) is 0 Å². The lowest BCUT2D eigenvalue weighted by Crippen LogP contribution is -2.23. The molecule has 1 aliphatic heterocycles. The van der Waals surface area contributed by atoms with Crippen LogP contribution in [-0.4, -0.2) is 15.7 Å². The van der Waals surface area contributed by atoms with E-state index in [1.54, 1.807) is 0 Å². The Balaban J connectivity index is 2.49. The molecule has 0 spiro atoms. The number of hydrogen-bond acceptors (Lipinski definition) is 3. The van der Waals surface area contributed by atoms with Gasteiger partial charge in [0.1, 0.15) is 0 Å². The highest BCUT2D eigenvalue weighted by molar-refractivity contribution is 5.31. The molecule has 0 bridgehead atoms. The number of rotatable bonds is 0. The molecule has 0 aliphatic carbocycles. The lowest BCUT2D eigenvalue weighted by atomic mass is 10.1. The highest BCUT2D eigenvalue weighted by Crippen LogP contribution is 2.29. The molecule has 72 valence electrons.